The third-order valence-corrected chi connectivity index (χ3v) is 7.99. The number of carbonyl (C=O) groups is 3. The van der Waals surface area contributed by atoms with Crippen molar-refractivity contribution in [1.82, 2.24) is 5.06 Å². The average Bonchev–Trinajstić information content (AvgIpc) is 3.66. The molecule has 2 unspecified atom stereocenters. The van der Waals surface area contributed by atoms with Crippen LogP contribution in [-0.2, 0) is 30.5 Å². The first-order chi connectivity index (χ1) is 20.1. The third kappa shape index (κ3) is 4.57. The summed E-state index contributed by atoms with van der Waals surface area (Å²) in [6.45, 7) is 5.38. The number of imide groups is 1. The van der Waals surface area contributed by atoms with Crippen molar-refractivity contribution >= 4 is 36.1 Å². The number of methoxy groups -OCH3 is 2. The third-order valence-electron chi connectivity index (χ3n) is 7.52. The highest BCUT2D eigenvalue weighted by Crippen LogP contribution is 2.53. The van der Waals surface area contributed by atoms with E-state index in [0.29, 0.717) is 62.6 Å². The van der Waals surface area contributed by atoms with E-state index < -0.39 is 35.2 Å². The predicted molar refractivity (Wildman–Crippen MR) is 149 cm³/mol. The summed E-state index contributed by atoms with van der Waals surface area (Å²) in [5, 5.41) is 4.90. The largest absolute Gasteiger partial charge is 0.493 e. The Morgan fingerprint density at radius 2 is 1.86 bits per heavy atom. The quantitative estimate of drug-likeness (QED) is 0.276. The van der Waals surface area contributed by atoms with Crippen LogP contribution in [0, 0.1) is 0 Å². The summed E-state index contributed by atoms with van der Waals surface area (Å²) in [4.78, 5) is 46.3. The zero-order valence-electron chi connectivity index (χ0n) is 23.1. The maximum Gasteiger partial charge on any atom is 0.370 e. The summed E-state index contributed by atoms with van der Waals surface area (Å²) >= 11 is 4.82. The van der Waals surface area contributed by atoms with E-state index >= 15 is 0 Å². The van der Waals surface area contributed by atoms with Crippen LogP contribution in [0.4, 0.5) is 0 Å². The number of hydrogen-bond donors (Lipinski definition) is 1. The number of nitrogens with zero attached hydrogens (tertiary/aromatic N) is 2. The van der Waals surface area contributed by atoms with Crippen molar-refractivity contribution in [2.24, 2.45) is 5.16 Å². The molecule has 6 rings (SSSR count). The number of carbonyl (C=O) groups excluding carboxylic acids is 3. The lowest BCUT2D eigenvalue weighted by Gasteiger charge is -2.35. The van der Waals surface area contributed by atoms with Gasteiger partial charge < -0.3 is 33.4 Å². The Bertz CT molecular complexity index is 1540. The van der Waals surface area contributed by atoms with E-state index in [1.54, 1.807) is 24.3 Å². The molecule has 0 bridgehead atoms. The van der Waals surface area contributed by atoms with Gasteiger partial charge in [0.25, 0.3) is 11.8 Å². The van der Waals surface area contributed by atoms with Gasteiger partial charge in [-0.15, -0.1) is 17.7 Å². The molecule has 0 spiro atoms. The number of thiol groups is 1. The fraction of sp³-hybridized carbons (Fsp3) is 0.379. The van der Waals surface area contributed by atoms with Crippen LogP contribution in [0.5, 0.6) is 28.7 Å². The van der Waals surface area contributed by atoms with Crippen LogP contribution in [0.3, 0.4) is 0 Å². The number of rotatable bonds is 8. The molecule has 42 heavy (non-hydrogen) atoms. The second-order valence-electron chi connectivity index (χ2n) is 10.3. The van der Waals surface area contributed by atoms with Gasteiger partial charge >= 0.3 is 5.97 Å². The van der Waals surface area contributed by atoms with Crippen LogP contribution in [0.2, 0.25) is 0 Å². The zero-order chi connectivity index (χ0) is 29.8. The van der Waals surface area contributed by atoms with Gasteiger partial charge in [-0.05, 0) is 30.7 Å². The molecule has 0 aliphatic carbocycles. The Balaban J connectivity index is 1.38. The van der Waals surface area contributed by atoms with Gasteiger partial charge in [0.15, 0.2) is 18.1 Å². The number of benzene rings is 2. The summed E-state index contributed by atoms with van der Waals surface area (Å²) < 4.78 is 29.1. The molecule has 2 amide bonds. The lowest BCUT2D eigenvalue weighted by molar-refractivity contribution is -0.198. The van der Waals surface area contributed by atoms with Crippen molar-refractivity contribution in [2.45, 2.75) is 43.1 Å². The topological polar surface area (TPSA) is 131 Å². The molecule has 4 aliphatic rings. The summed E-state index contributed by atoms with van der Waals surface area (Å²) in [5.74, 6) is -0.191. The van der Waals surface area contributed by atoms with Crippen molar-refractivity contribution in [1.29, 1.82) is 0 Å². The summed E-state index contributed by atoms with van der Waals surface area (Å²) in [6, 6.07) is 7.10. The maximum atomic E-state index is 12.7. The monoisotopic (exact) mass is 596 g/mol. The Kier molecular flexibility index (Phi) is 6.92. The molecule has 12 nitrogen and oxygen atoms in total. The number of ether oxygens (including phenoxy) is 5. The van der Waals surface area contributed by atoms with Crippen LogP contribution in [0.1, 0.15) is 42.4 Å². The molecule has 1 fully saturated rings. The van der Waals surface area contributed by atoms with Gasteiger partial charge in [0.1, 0.15) is 35.7 Å². The van der Waals surface area contributed by atoms with Gasteiger partial charge in [-0.3, -0.25) is 9.59 Å². The van der Waals surface area contributed by atoms with Gasteiger partial charge in [0.2, 0.25) is 4.93 Å². The van der Waals surface area contributed by atoms with Gasteiger partial charge in [-0.2, -0.15) is 0 Å². The van der Waals surface area contributed by atoms with Crippen LogP contribution >= 0.6 is 12.6 Å². The summed E-state index contributed by atoms with van der Waals surface area (Å²) in [6.07, 6.45) is 0.104. The molecule has 3 atom stereocenters. The van der Waals surface area contributed by atoms with E-state index in [0.717, 1.165) is 5.57 Å². The highest BCUT2D eigenvalue weighted by molar-refractivity contribution is 7.81. The van der Waals surface area contributed by atoms with Crippen LogP contribution in [-0.4, -0.2) is 67.0 Å². The molecule has 1 saturated heterocycles. The second-order valence-corrected chi connectivity index (χ2v) is 11.0. The van der Waals surface area contributed by atoms with Crippen molar-refractivity contribution in [3.8, 4) is 28.7 Å². The van der Waals surface area contributed by atoms with E-state index in [1.807, 2.05) is 6.92 Å². The van der Waals surface area contributed by atoms with Crippen molar-refractivity contribution in [2.75, 3.05) is 27.4 Å². The van der Waals surface area contributed by atoms with Gasteiger partial charge in [-0.1, -0.05) is 11.7 Å². The molecule has 220 valence electrons. The Labute approximate surface area is 246 Å². The molecule has 2 aromatic carbocycles. The lowest BCUT2D eigenvalue weighted by Crippen LogP contribution is -2.41. The minimum atomic E-state index is -1.15. The van der Waals surface area contributed by atoms with E-state index in [-0.39, 0.29) is 25.6 Å². The first-order valence-corrected chi connectivity index (χ1v) is 13.6. The minimum absolute atomic E-state index is 0.0164. The van der Waals surface area contributed by atoms with E-state index in [1.165, 1.54) is 14.2 Å². The smallest absolute Gasteiger partial charge is 0.370 e. The molecular weight excluding hydrogens is 568 g/mol. The van der Waals surface area contributed by atoms with E-state index in [2.05, 4.69) is 11.7 Å². The number of amides is 2. The second kappa shape index (κ2) is 10.5. The normalized spacial score (nSPS) is 23.5. The van der Waals surface area contributed by atoms with Crippen molar-refractivity contribution < 1.29 is 47.7 Å². The molecule has 0 N–H and O–H groups in total. The Hall–Kier alpha value is -4.39. The standard InChI is InChI=1S/C29H28N2O10S/c1-14(2)19-10-17-18(39-19)6-5-15(28(17)37-12-25(34)40-31-23(32)7-8-24(31)33)27-26-16-9-21(35-3)22(36-4)11-20(16)38-13-29(26,42)41-30-27/h5-6,9,11,19,26,42H,1,7-8,10,12-13H2,2-4H3/t19-,26?,29?/m1/s1. The molecule has 4 aliphatic heterocycles. The van der Waals surface area contributed by atoms with E-state index in [4.69, 9.17) is 46.0 Å². The molecule has 0 saturated carbocycles. The fourth-order valence-corrected chi connectivity index (χ4v) is 5.78. The fourth-order valence-electron chi connectivity index (χ4n) is 5.41. The van der Waals surface area contributed by atoms with Crippen molar-refractivity contribution in [3.05, 3.63) is 53.1 Å². The van der Waals surface area contributed by atoms with Gasteiger partial charge in [0.05, 0.1) is 20.1 Å². The predicted octanol–water partition coefficient (Wildman–Crippen LogP) is 3.11. The minimum Gasteiger partial charge on any atom is -0.493 e. The lowest BCUT2D eigenvalue weighted by atomic mass is 9.82. The number of oxime groups is 1. The molecule has 0 aromatic heterocycles. The number of fused-ring (bicyclic) bond motifs is 4. The number of hydrogen-bond acceptors (Lipinski definition) is 12. The van der Waals surface area contributed by atoms with Gasteiger partial charge in [-0.25, -0.2) is 4.79 Å². The molecule has 13 heteroatoms. The Morgan fingerprint density at radius 3 is 2.55 bits per heavy atom. The van der Waals surface area contributed by atoms with E-state index in [9.17, 15) is 14.4 Å². The molecule has 0 radical (unpaired) electrons. The number of hydroxylamine groups is 2. The highest BCUT2D eigenvalue weighted by Gasteiger charge is 2.53. The zero-order valence-corrected chi connectivity index (χ0v) is 24.0. The van der Waals surface area contributed by atoms with Gasteiger partial charge in [0, 0.05) is 42.0 Å². The first-order valence-electron chi connectivity index (χ1n) is 13.2. The molecule has 4 heterocycles. The maximum absolute atomic E-state index is 12.7. The van der Waals surface area contributed by atoms with Crippen LogP contribution in [0.15, 0.2) is 41.6 Å². The summed E-state index contributed by atoms with van der Waals surface area (Å²) in [5.41, 5.74) is 3.24. The molecule has 2 aromatic rings. The SMILES string of the molecule is C=C(C)[C@H]1Cc2c(ccc(C3=NOC4(S)COc5cc(OC)c(OC)cc5C34)c2OCC(=O)ON2C(=O)CCC2=O)O1. The molecular formula is C29H28N2O10S. The van der Waals surface area contributed by atoms with Crippen molar-refractivity contribution in [3.63, 3.8) is 0 Å². The van der Waals surface area contributed by atoms with Crippen LogP contribution in [0.25, 0.3) is 0 Å². The Morgan fingerprint density at radius 1 is 1.14 bits per heavy atom. The summed E-state index contributed by atoms with van der Waals surface area (Å²) in [7, 11) is 3.07. The average molecular weight is 597 g/mol. The van der Waals surface area contributed by atoms with Crippen LogP contribution < -0.4 is 23.7 Å². The highest BCUT2D eigenvalue weighted by atomic mass is 32.1. The first kappa shape index (κ1) is 27.8.